The second kappa shape index (κ2) is 4.94. The van der Waals surface area contributed by atoms with Crippen molar-refractivity contribution in [2.75, 3.05) is 13.1 Å². The molecule has 3 heterocycles. The lowest BCUT2D eigenvalue weighted by Gasteiger charge is -2.29. The van der Waals surface area contributed by atoms with Gasteiger partial charge in [0.15, 0.2) is 5.89 Å². The minimum Gasteiger partial charge on any atom is -0.449 e. The van der Waals surface area contributed by atoms with E-state index in [9.17, 15) is 0 Å². The molecule has 2 aromatic heterocycles. The van der Waals surface area contributed by atoms with Crippen molar-refractivity contribution >= 4 is 0 Å². The van der Waals surface area contributed by atoms with Crippen LogP contribution in [-0.4, -0.2) is 28.1 Å². The van der Waals surface area contributed by atoms with Gasteiger partial charge < -0.3 is 8.94 Å². The number of aromatic nitrogens is 2. The normalized spacial score (nSPS) is 18.3. The van der Waals surface area contributed by atoms with E-state index in [1.807, 2.05) is 6.92 Å². The van der Waals surface area contributed by atoms with Crippen LogP contribution >= 0.6 is 0 Å². The molecule has 5 heteroatoms. The van der Waals surface area contributed by atoms with Gasteiger partial charge in [0.1, 0.15) is 18.2 Å². The minimum absolute atomic E-state index is 0.467. The van der Waals surface area contributed by atoms with E-state index in [2.05, 4.69) is 15.0 Å². The lowest BCUT2D eigenvalue weighted by Crippen LogP contribution is -2.32. The monoisotopic (exact) mass is 247 g/mol. The Kier molecular flexibility index (Phi) is 3.15. The summed E-state index contributed by atoms with van der Waals surface area (Å²) in [6.45, 7) is 5.02. The smallest absolute Gasteiger partial charge is 0.197 e. The Hall–Kier alpha value is -1.62. The van der Waals surface area contributed by atoms with Crippen LogP contribution in [0, 0.1) is 6.92 Å². The van der Waals surface area contributed by atoms with Crippen LogP contribution in [0.5, 0.6) is 0 Å². The Morgan fingerprint density at radius 3 is 2.83 bits per heavy atom. The predicted molar refractivity (Wildman–Crippen MR) is 65.0 cm³/mol. The van der Waals surface area contributed by atoms with Crippen LogP contribution < -0.4 is 0 Å². The van der Waals surface area contributed by atoms with Crippen molar-refractivity contribution in [3.63, 3.8) is 0 Å². The van der Waals surface area contributed by atoms with E-state index in [4.69, 9.17) is 8.94 Å². The summed E-state index contributed by atoms with van der Waals surface area (Å²) in [5, 5.41) is 4.03. The summed E-state index contributed by atoms with van der Waals surface area (Å²) in [6.07, 6.45) is 7.27. The summed E-state index contributed by atoms with van der Waals surface area (Å²) < 4.78 is 10.3. The molecule has 0 aliphatic carbocycles. The number of hydrogen-bond acceptors (Lipinski definition) is 5. The summed E-state index contributed by atoms with van der Waals surface area (Å²) in [7, 11) is 0. The first kappa shape index (κ1) is 11.5. The molecule has 0 saturated carbocycles. The summed E-state index contributed by atoms with van der Waals surface area (Å²) in [4.78, 5) is 6.65. The average Bonchev–Trinajstić information content (AvgIpc) is 3.03. The Morgan fingerprint density at radius 1 is 1.39 bits per heavy atom. The number of nitrogens with zero attached hydrogens (tertiary/aromatic N) is 3. The predicted octanol–water partition coefficient (Wildman–Crippen LogP) is 2.35. The molecule has 0 spiro atoms. The topological polar surface area (TPSA) is 55.3 Å². The zero-order valence-corrected chi connectivity index (χ0v) is 10.5. The van der Waals surface area contributed by atoms with E-state index in [1.165, 1.54) is 0 Å². The van der Waals surface area contributed by atoms with Gasteiger partial charge in [-0.05, 0) is 32.9 Å². The van der Waals surface area contributed by atoms with Crippen molar-refractivity contribution in [2.24, 2.45) is 0 Å². The van der Waals surface area contributed by atoms with Gasteiger partial charge in [-0.25, -0.2) is 4.98 Å². The highest BCUT2D eigenvalue weighted by molar-refractivity contribution is 5.11. The van der Waals surface area contributed by atoms with E-state index >= 15 is 0 Å². The molecule has 0 N–H and O–H groups in total. The fourth-order valence-corrected chi connectivity index (χ4v) is 2.45. The number of rotatable bonds is 3. The van der Waals surface area contributed by atoms with Gasteiger partial charge in [-0.15, -0.1) is 0 Å². The van der Waals surface area contributed by atoms with Crippen molar-refractivity contribution < 1.29 is 8.94 Å². The van der Waals surface area contributed by atoms with Gasteiger partial charge in [-0.2, -0.15) is 0 Å². The largest absolute Gasteiger partial charge is 0.449 e. The molecular formula is C13H17N3O2. The lowest BCUT2D eigenvalue weighted by atomic mass is 9.96. The highest BCUT2D eigenvalue weighted by atomic mass is 16.5. The SMILES string of the molecule is Cc1conc1CN1CCC(c2ncco2)CC1. The molecule has 2 aromatic rings. The number of piperidine rings is 1. The Balaban J connectivity index is 1.56. The molecule has 18 heavy (non-hydrogen) atoms. The first-order chi connectivity index (χ1) is 8.83. The molecule has 0 bridgehead atoms. The number of aryl methyl sites for hydroxylation is 1. The summed E-state index contributed by atoms with van der Waals surface area (Å²) in [5.74, 6) is 1.35. The molecule has 96 valence electrons. The second-order valence-electron chi connectivity index (χ2n) is 4.87. The summed E-state index contributed by atoms with van der Waals surface area (Å²) in [6, 6.07) is 0. The zero-order chi connectivity index (χ0) is 12.4. The fraction of sp³-hybridized carbons (Fsp3) is 0.538. The number of likely N-dealkylation sites (tertiary alicyclic amines) is 1. The van der Waals surface area contributed by atoms with Crippen molar-refractivity contribution in [3.05, 3.63) is 35.9 Å². The van der Waals surface area contributed by atoms with Gasteiger partial charge in [-0.1, -0.05) is 5.16 Å². The molecule has 0 atom stereocenters. The van der Waals surface area contributed by atoms with Gasteiger partial charge in [-0.3, -0.25) is 4.90 Å². The first-order valence-electron chi connectivity index (χ1n) is 6.34. The summed E-state index contributed by atoms with van der Waals surface area (Å²) in [5.41, 5.74) is 2.18. The lowest BCUT2D eigenvalue weighted by molar-refractivity contribution is 0.188. The van der Waals surface area contributed by atoms with Crippen LogP contribution in [0.15, 0.2) is 27.7 Å². The maximum absolute atomic E-state index is 5.38. The number of hydrogen-bond donors (Lipinski definition) is 0. The van der Waals surface area contributed by atoms with Crippen LogP contribution in [0.1, 0.15) is 35.9 Å². The van der Waals surface area contributed by atoms with Crippen LogP contribution in [0.2, 0.25) is 0 Å². The third kappa shape index (κ3) is 2.31. The molecule has 5 nitrogen and oxygen atoms in total. The molecule has 0 aromatic carbocycles. The third-order valence-electron chi connectivity index (χ3n) is 3.61. The first-order valence-corrected chi connectivity index (χ1v) is 6.34. The van der Waals surface area contributed by atoms with E-state index in [1.54, 1.807) is 18.7 Å². The van der Waals surface area contributed by atoms with Crippen molar-refractivity contribution in [2.45, 2.75) is 32.2 Å². The third-order valence-corrected chi connectivity index (χ3v) is 3.61. The number of oxazole rings is 1. The van der Waals surface area contributed by atoms with Gasteiger partial charge in [0.2, 0.25) is 0 Å². The molecule has 1 aliphatic heterocycles. The van der Waals surface area contributed by atoms with Crippen LogP contribution in [0.25, 0.3) is 0 Å². The van der Waals surface area contributed by atoms with Crippen molar-refractivity contribution in [3.8, 4) is 0 Å². The molecule has 1 saturated heterocycles. The highest BCUT2D eigenvalue weighted by Gasteiger charge is 2.24. The van der Waals surface area contributed by atoms with Crippen molar-refractivity contribution in [1.29, 1.82) is 0 Å². The fourth-order valence-electron chi connectivity index (χ4n) is 2.45. The molecule has 0 radical (unpaired) electrons. The molecule has 1 fully saturated rings. The Labute approximate surface area is 106 Å². The quantitative estimate of drug-likeness (QED) is 0.833. The standard InChI is InChI=1S/C13H17N3O2/c1-10-9-18-15-12(10)8-16-5-2-11(3-6-16)13-14-4-7-17-13/h4,7,9,11H,2-3,5-6,8H2,1H3. The van der Waals surface area contributed by atoms with Gasteiger partial charge in [0, 0.05) is 18.0 Å². The van der Waals surface area contributed by atoms with Crippen molar-refractivity contribution in [1.82, 2.24) is 15.0 Å². The van der Waals surface area contributed by atoms with E-state index in [-0.39, 0.29) is 0 Å². The van der Waals surface area contributed by atoms with Gasteiger partial charge in [0.25, 0.3) is 0 Å². The van der Waals surface area contributed by atoms with Gasteiger partial charge >= 0.3 is 0 Å². The van der Waals surface area contributed by atoms with E-state index < -0.39 is 0 Å². The van der Waals surface area contributed by atoms with E-state index in [0.29, 0.717) is 5.92 Å². The minimum atomic E-state index is 0.467. The highest BCUT2D eigenvalue weighted by Crippen LogP contribution is 2.27. The zero-order valence-electron chi connectivity index (χ0n) is 10.5. The molecule has 0 unspecified atom stereocenters. The van der Waals surface area contributed by atoms with Crippen LogP contribution in [0.3, 0.4) is 0 Å². The van der Waals surface area contributed by atoms with Crippen LogP contribution in [0.4, 0.5) is 0 Å². The maximum atomic E-state index is 5.38. The maximum Gasteiger partial charge on any atom is 0.197 e. The average molecular weight is 247 g/mol. The van der Waals surface area contributed by atoms with E-state index in [0.717, 1.165) is 49.6 Å². The van der Waals surface area contributed by atoms with Gasteiger partial charge in [0.05, 0.1) is 6.20 Å². The Morgan fingerprint density at radius 2 is 2.22 bits per heavy atom. The Bertz CT molecular complexity index is 484. The second-order valence-corrected chi connectivity index (χ2v) is 4.87. The summed E-state index contributed by atoms with van der Waals surface area (Å²) >= 11 is 0. The molecular weight excluding hydrogens is 230 g/mol. The molecule has 3 rings (SSSR count). The molecule has 1 aliphatic rings. The van der Waals surface area contributed by atoms with Crippen LogP contribution in [-0.2, 0) is 6.54 Å². The molecule has 0 amide bonds.